The molecule has 0 N–H and O–H groups in total. The predicted molar refractivity (Wildman–Crippen MR) is 50.8 cm³/mol. The quantitative estimate of drug-likeness (QED) is 0.638. The summed E-state index contributed by atoms with van der Waals surface area (Å²) in [7, 11) is 0. The van der Waals surface area contributed by atoms with Crippen molar-refractivity contribution in [3.63, 3.8) is 0 Å². The third kappa shape index (κ3) is 1.67. The van der Waals surface area contributed by atoms with Gasteiger partial charge in [0.25, 0.3) is 0 Å². The van der Waals surface area contributed by atoms with Crippen LogP contribution in [0, 0.1) is 0 Å². The van der Waals surface area contributed by atoms with E-state index in [1.807, 2.05) is 36.4 Å². The zero-order valence-corrected chi connectivity index (χ0v) is 7.21. The van der Waals surface area contributed by atoms with Crippen LogP contribution in [0.3, 0.4) is 0 Å². The first-order chi connectivity index (χ1) is 5.95. The summed E-state index contributed by atoms with van der Waals surface area (Å²) in [5.74, 6) is 0. The van der Waals surface area contributed by atoms with Crippen molar-refractivity contribution in [3.8, 4) is 0 Å². The summed E-state index contributed by atoms with van der Waals surface area (Å²) in [6.07, 6.45) is 7.71. The number of pyridine rings is 1. The maximum absolute atomic E-state index is 4.20. The molecule has 0 amide bonds. The van der Waals surface area contributed by atoms with Gasteiger partial charge in [-0.1, -0.05) is 23.9 Å². The molecule has 0 bridgehead atoms. The summed E-state index contributed by atoms with van der Waals surface area (Å²) >= 11 is 1.63. The van der Waals surface area contributed by atoms with Gasteiger partial charge in [0.05, 0.1) is 4.91 Å². The third-order valence-electron chi connectivity index (χ3n) is 1.42. The molecule has 0 spiro atoms. The van der Waals surface area contributed by atoms with Gasteiger partial charge in [0.2, 0.25) is 0 Å². The van der Waals surface area contributed by atoms with Crippen molar-refractivity contribution in [1.29, 1.82) is 0 Å². The SMILES string of the molecule is C1=CC=CC=1Sc1ccccn1. The van der Waals surface area contributed by atoms with E-state index in [1.165, 1.54) is 0 Å². The second-order valence-electron chi connectivity index (χ2n) is 2.30. The number of allylic oxidation sites excluding steroid dienone is 2. The van der Waals surface area contributed by atoms with E-state index in [0.717, 1.165) is 9.93 Å². The summed E-state index contributed by atoms with van der Waals surface area (Å²) in [6.45, 7) is 0. The first kappa shape index (κ1) is 7.41. The van der Waals surface area contributed by atoms with Crippen molar-refractivity contribution in [2.75, 3.05) is 0 Å². The van der Waals surface area contributed by atoms with Gasteiger partial charge in [-0.15, -0.1) is 5.73 Å². The van der Waals surface area contributed by atoms with Crippen molar-refractivity contribution >= 4 is 11.8 Å². The third-order valence-corrected chi connectivity index (χ3v) is 2.35. The molecule has 0 radical (unpaired) electrons. The standard InChI is InChI=1S/C10H7NS/c1-2-6-9(5-1)12-10-7-3-4-8-11-10/h1-5,7-8H. The van der Waals surface area contributed by atoms with Crippen LogP contribution < -0.4 is 0 Å². The fraction of sp³-hybridized carbons (Fsp3) is 0. The topological polar surface area (TPSA) is 12.9 Å². The Balaban J connectivity index is 2.15. The van der Waals surface area contributed by atoms with Crippen molar-refractivity contribution in [1.82, 2.24) is 4.98 Å². The van der Waals surface area contributed by atoms with Crippen LogP contribution in [0.4, 0.5) is 0 Å². The summed E-state index contributed by atoms with van der Waals surface area (Å²) in [5, 5.41) is 1.01. The lowest BCUT2D eigenvalue weighted by atomic mass is 10.5. The van der Waals surface area contributed by atoms with Gasteiger partial charge < -0.3 is 0 Å². The van der Waals surface area contributed by atoms with Crippen LogP contribution >= 0.6 is 11.8 Å². The van der Waals surface area contributed by atoms with Crippen LogP contribution in [0.25, 0.3) is 0 Å². The molecule has 0 atom stereocenters. The van der Waals surface area contributed by atoms with Crippen molar-refractivity contribution in [3.05, 3.63) is 53.3 Å². The van der Waals surface area contributed by atoms with Gasteiger partial charge in [0, 0.05) is 6.20 Å². The predicted octanol–water partition coefficient (Wildman–Crippen LogP) is 2.78. The van der Waals surface area contributed by atoms with E-state index >= 15 is 0 Å². The fourth-order valence-corrected chi connectivity index (χ4v) is 1.66. The average Bonchev–Trinajstić information content (AvgIpc) is 2.59. The first-order valence-electron chi connectivity index (χ1n) is 3.67. The van der Waals surface area contributed by atoms with Gasteiger partial charge in [0.15, 0.2) is 0 Å². The highest BCUT2D eigenvalue weighted by Gasteiger charge is 1.98. The Morgan fingerprint density at radius 2 is 2.33 bits per heavy atom. The van der Waals surface area contributed by atoms with Gasteiger partial charge in [-0.25, -0.2) is 4.98 Å². The summed E-state index contributed by atoms with van der Waals surface area (Å²) in [6, 6.07) is 5.89. The first-order valence-corrected chi connectivity index (χ1v) is 4.49. The Morgan fingerprint density at radius 1 is 1.33 bits per heavy atom. The Kier molecular flexibility index (Phi) is 2.12. The Morgan fingerprint density at radius 3 is 3.00 bits per heavy atom. The van der Waals surface area contributed by atoms with Crippen LogP contribution in [0.2, 0.25) is 0 Å². The lowest BCUT2D eigenvalue weighted by Gasteiger charge is -1.95. The van der Waals surface area contributed by atoms with Crippen molar-refractivity contribution in [2.45, 2.75) is 5.03 Å². The highest BCUT2D eigenvalue weighted by Crippen LogP contribution is 2.25. The summed E-state index contributed by atoms with van der Waals surface area (Å²) in [4.78, 5) is 5.32. The smallest absolute Gasteiger partial charge is 0.101 e. The van der Waals surface area contributed by atoms with Gasteiger partial charge in [0.1, 0.15) is 5.03 Å². The molecule has 0 aromatic carbocycles. The number of nitrogens with zero attached hydrogens (tertiary/aromatic N) is 1. The minimum absolute atomic E-state index is 1.01. The van der Waals surface area contributed by atoms with Crippen LogP contribution in [0.1, 0.15) is 0 Å². The number of rotatable bonds is 2. The van der Waals surface area contributed by atoms with E-state index in [1.54, 1.807) is 18.0 Å². The number of hydrogen-bond acceptors (Lipinski definition) is 2. The molecule has 0 saturated heterocycles. The van der Waals surface area contributed by atoms with Gasteiger partial charge >= 0.3 is 0 Å². The fourth-order valence-electron chi connectivity index (χ4n) is 0.897. The van der Waals surface area contributed by atoms with E-state index in [4.69, 9.17) is 0 Å². The van der Waals surface area contributed by atoms with E-state index in [0.29, 0.717) is 0 Å². The Hall–Kier alpha value is -1.24. The molecule has 0 aliphatic heterocycles. The molecular weight excluding hydrogens is 166 g/mol. The lowest BCUT2D eigenvalue weighted by molar-refractivity contribution is 1.14. The number of hydrogen-bond donors (Lipinski definition) is 0. The van der Waals surface area contributed by atoms with Crippen LogP contribution in [-0.4, -0.2) is 4.98 Å². The molecule has 1 heterocycles. The van der Waals surface area contributed by atoms with E-state index in [9.17, 15) is 0 Å². The lowest BCUT2D eigenvalue weighted by Crippen LogP contribution is -1.75. The minimum Gasteiger partial charge on any atom is -0.250 e. The van der Waals surface area contributed by atoms with Crippen LogP contribution in [-0.2, 0) is 0 Å². The molecule has 1 aliphatic carbocycles. The van der Waals surface area contributed by atoms with Crippen molar-refractivity contribution < 1.29 is 0 Å². The number of aromatic nitrogens is 1. The highest BCUT2D eigenvalue weighted by molar-refractivity contribution is 8.03. The highest BCUT2D eigenvalue weighted by atomic mass is 32.2. The molecule has 2 heteroatoms. The zero-order valence-electron chi connectivity index (χ0n) is 6.40. The number of thioether (sulfide) groups is 1. The second kappa shape index (κ2) is 3.44. The maximum Gasteiger partial charge on any atom is 0.101 e. The molecule has 1 aromatic heterocycles. The Bertz CT molecular complexity index is 359. The molecule has 0 saturated carbocycles. The van der Waals surface area contributed by atoms with E-state index < -0.39 is 0 Å². The van der Waals surface area contributed by atoms with Crippen LogP contribution in [0.5, 0.6) is 0 Å². The van der Waals surface area contributed by atoms with Crippen molar-refractivity contribution in [2.24, 2.45) is 0 Å². The van der Waals surface area contributed by atoms with E-state index in [2.05, 4.69) is 10.7 Å². The molecule has 12 heavy (non-hydrogen) atoms. The molecule has 0 unspecified atom stereocenters. The molecule has 0 fully saturated rings. The van der Waals surface area contributed by atoms with Gasteiger partial charge in [-0.2, -0.15) is 0 Å². The van der Waals surface area contributed by atoms with Gasteiger partial charge in [-0.3, -0.25) is 0 Å². The summed E-state index contributed by atoms with van der Waals surface area (Å²) in [5.41, 5.74) is 3.11. The minimum atomic E-state index is 1.01. The maximum atomic E-state index is 4.20. The molecule has 1 aromatic rings. The molecule has 58 valence electrons. The second-order valence-corrected chi connectivity index (χ2v) is 3.37. The molecule has 2 rings (SSSR count). The largest absolute Gasteiger partial charge is 0.250 e. The summed E-state index contributed by atoms with van der Waals surface area (Å²) < 4.78 is 0. The van der Waals surface area contributed by atoms with Crippen LogP contribution in [0.15, 0.2) is 58.3 Å². The molecule has 1 nitrogen and oxygen atoms in total. The average molecular weight is 173 g/mol. The monoisotopic (exact) mass is 173 g/mol. The molecular formula is C10H7NS. The molecule has 1 aliphatic rings. The zero-order chi connectivity index (χ0) is 8.23. The van der Waals surface area contributed by atoms with E-state index in [-0.39, 0.29) is 0 Å². The van der Waals surface area contributed by atoms with Gasteiger partial charge in [-0.05, 0) is 24.3 Å². The normalized spacial score (nSPS) is 13.5. The Labute approximate surface area is 75.5 Å².